The second-order valence-corrected chi connectivity index (χ2v) is 7.16. The lowest BCUT2D eigenvalue weighted by molar-refractivity contribution is -0.121. The fraction of sp³-hybridized carbons (Fsp3) is 0.467. The van der Waals surface area contributed by atoms with Crippen LogP contribution in [0, 0.1) is 0 Å². The van der Waals surface area contributed by atoms with Gasteiger partial charge in [0.15, 0.2) is 0 Å². The number of fused-ring (bicyclic) bond motifs is 1. The number of carbonyl (C=O) groups is 1. The Morgan fingerprint density at radius 2 is 1.92 bits per heavy atom. The standard InChI is InChI=1S/C15H22N4O3S.ClH/c1-3-15(4-2,10-16)18-13(20)9-17-14-11-7-5-6-8-12(11)23(21,22)19-14;/h5-8H,3-4,9-10,16H2,1-2H3,(H,17,19)(H,18,20);1H. The molecule has 0 spiro atoms. The molecule has 2 rings (SSSR count). The zero-order chi connectivity index (χ0) is 17.1. The van der Waals surface area contributed by atoms with Crippen LogP contribution in [0.1, 0.15) is 32.3 Å². The minimum atomic E-state index is -3.58. The highest BCUT2D eigenvalue weighted by atomic mass is 35.5. The number of halogens is 1. The van der Waals surface area contributed by atoms with Gasteiger partial charge in [-0.25, -0.2) is 8.42 Å². The van der Waals surface area contributed by atoms with Crippen LogP contribution in [0.25, 0.3) is 0 Å². The van der Waals surface area contributed by atoms with Gasteiger partial charge in [-0.3, -0.25) is 14.5 Å². The van der Waals surface area contributed by atoms with Crippen molar-refractivity contribution in [1.82, 2.24) is 10.0 Å². The maximum atomic E-state index is 12.1. The molecule has 0 radical (unpaired) electrons. The summed E-state index contributed by atoms with van der Waals surface area (Å²) in [4.78, 5) is 16.4. The first-order valence-electron chi connectivity index (χ1n) is 7.55. The van der Waals surface area contributed by atoms with E-state index in [2.05, 4.69) is 15.0 Å². The molecular formula is C15H23ClN4O3S. The highest BCUT2D eigenvalue weighted by molar-refractivity contribution is 7.90. The third kappa shape index (κ3) is 4.06. The van der Waals surface area contributed by atoms with E-state index in [1.165, 1.54) is 6.07 Å². The number of nitrogens with two attached hydrogens (primary N) is 1. The molecule has 9 heteroatoms. The van der Waals surface area contributed by atoms with Crippen molar-refractivity contribution in [1.29, 1.82) is 0 Å². The van der Waals surface area contributed by atoms with Gasteiger partial charge in [-0.2, -0.15) is 0 Å². The fourth-order valence-corrected chi connectivity index (χ4v) is 3.75. The molecule has 4 N–H and O–H groups in total. The Bertz CT molecular complexity index is 722. The molecule has 0 atom stereocenters. The van der Waals surface area contributed by atoms with Crippen LogP contribution in [0.4, 0.5) is 0 Å². The number of aliphatic imine (C=N–C) groups is 1. The molecule has 0 aliphatic carbocycles. The lowest BCUT2D eigenvalue weighted by Crippen LogP contribution is -2.53. The summed E-state index contributed by atoms with van der Waals surface area (Å²) in [6.07, 6.45) is 1.44. The van der Waals surface area contributed by atoms with E-state index in [-0.39, 0.29) is 35.6 Å². The quantitative estimate of drug-likeness (QED) is 0.682. The van der Waals surface area contributed by atoms with Crippen molar-refractivity contribution in [3.8, 4) is 0 Å². The first kappa shape index (κ1) is 20.4. The number of nitrogens with zero attached hydrogens (tertiary/aromatic N) is 1. The van der Waals surface area contributed by atoms with Crippen LogP contribution in [-0.4, -0.2) is 38.8 Å². The van der Waals surface area contributed by atoms with Crippen LogP contribution in [0.5, 0.6) is 0 Å². The van der Waals surface area contributed by atoms with Gasteiger partial charge in [-0.15, -0.1) is 12.4 Å². The van der Waals surface area contributed by atoms with Gasteiger partial charge < -0.3 is 11.1 Å². The summed E-state index contributed by atoms with van der Waals surface area (Å²) in [6, 6.07) is 6.54. The van der Waals surface area contributed by atoms with E-state index in [0.717, 1.165) is 12.8 Å². The summed E-state index contributed by atoms with van der Waals surface area (Å²) in [7, 11) is -3.58. The zero-order valence-corrected chi connectivity index (χ0v) is 15.3. The molecule has 1 aliphatic rings. The first-order chi connectivity index (χ1) is 10.9. The highest BCUT2D eigenvalue weighted by Gasteiger charge is 2.31. The van der Waals surface area contributed by atoms with Gasteiger partial charge in [-0.1, -0.05) is 26.0 Å². The minimum Gasteiger partial charge on any atom is -0.348 e. The van der Waals surface area contributed by atoms with Gasteiger partial charge >= 0.3 is 0 Å². The maximum absolute atomic E-state index is 12.1. The summed E-state index contributed by atoms with van der Waals surface area (Å²) < 4.78 is 26.3. The molecule has 1 heterocycles. The average molecular weight is 375 g/mol. The monoisotopic (exact) mass is 374 g/mol. The Morgan fingerprint density at radius 3 is 2.50 bits per heavy atom. The van der Waals surface area contributed by atoms with Gasteiger partial charge in [-0.05, 0) is 25.0 Å². The van der Waals surface area contributed by atoms with E-state index in [9.17, 15) is 13.2 Å². The molecule has 1 amide bonds. The Balaban J connectivity index is 0.00000288. The predicted octanol–water partition coefficient (Wildman–Crippen LogP) is 0.781. The summed E-state index contributed by atoms with van der Waals surface area (Å²) in [5, 5.41) is 2.90. The highest BCUT2D eigenvalue weighted by Crippen LogP contribution is 2.22. The van der Waals surface area contributed by atoms with E-state index < -0.39 is 15.6 Å². The number of sulfonamides is 1. The number of amidine groups is 1. The van der Waals surface area contributed by atoms with Crippen LogP contribution in [0.3, 0.4) is 0 Å². The van der Waals surface area contributed by atoms with Crippen LogP contribution >= 0.6 is 12.4 Å². The van der Waals surface area contributed by atoms with Crippen molar-refractivity contribution in [2.45, 2.75) is 37.1 Å². The lowest BCUT2D eigenvalue weighted by atomic mass is 9.93. The zero-order valence-electron chi connectivity index (χ0n) is 13.7. The largest absolute Gasteiger partial charge is 0.348 e. The van der Waals surface area contributed by atoms with Crippen molar-refractivity contribution < 1.29 is 13.2 Å². The van der Waals surface area contributed by atoms with Gasteiger partial charge in [0.05, 0.1) is 10.4 Å². The molecule has 24 heavy (non-hydrogen) atoms. The van der Waals surface area contributed by atoms with Gasteiger partial charge in [0.1, 0.15) is 12.4 Å². The Morgan fingerprint density at radius 1 is 1.29 bits per heavy atom. The summed E-state index contributed by atoms with van der Waals surface area (Å²) >= 11 is 0. The van der Waals surface area contributed by atoms with E-state index in [1.807, 2.05) is 13.8 Å². The summed E-state index contributed by atoms with van der Waals surface area (Å²) in [6.45, 7) is 4.11. The van der Waals surface area contributed by atoms with E-state index in [1.54, 1.807) is 18.2 Å². The molecule has 0 bridgehead atoms. The molecule has 1 aliphatic heterocycles. The predicted molar refractivity (Wildman–Crippen MR) is 95.9 cm³/mol. The van der Waals surface area contributed by atoms with Crippen LogP contribution < -0.4 is 15.8 Å². The Labute approximate surface area is 148 Å². The van der Waals surface area contributed by atoms with Gasteiger partial charge in [0, 0.05) is 12.1 Å². The molecular weight excluding hydrogens is 352 g/mol. The molecule has 134 valence electrons. The maximum Gasteiger partial charge on any atom is 0.263 e. The molecule has 0 fully saturated rings. The van der Waals surface area contributed by atoms with Crippen molar-refractivity contribution >= 4 is 34.2 Å². The smallest absolute Gasteiger partial charge is 0.263 e. The van der Waals surface area contributed by atoms with E-state index in [0.29, 0.717) is 12.1 Å². The lowest BCUT2D eigenvalue weighted by Gasteiger charge is -2.31. The first-order valence-corrected chi connectivity index (χ1v) is 9.03. The van der Waals surface area contributed by atoms with Crippen molar-refractivity contribution in [3.05, 3.63) is 29.8 Å². The summed E-state index contributed by atoms with van der Waals surface area (Å²) in [5.74, 6) is -0.0858. The van der Waals surface area contributed by atoms with Crippen molar-refractivity contribution in [2.24, 2.45) is 10.7 Å². The van der Waals surface area contributed by atoms with E-state index >= 15 is 0 Å². The van der Waals surface area contributed by atoms with Crippen LogP contribution in [0.2, 0.25) is 0 Å². The Hall–Kier alpha value is -1.64. The van der Waals surface area contributed by atoms with E-state index in [4.69, 9.17) is 5.73 Å². The molecule has 0 aromatic heterocycles. The molecule has 0 unspecified atom stereocenters. The van der Waals surface area contributed by atoms with Crippen LogP contribution in [0.15, 0.2) is 34.2 Å². The second-order valence-electron chi connectivity index (χ2n) is 5.51. The number of rotatable bonds is 6. The normalized spacial score (nSPS) is 16.9. The fourth-order valence-electron chi connectivity index (χ4n) is 2.50. The summed E-state index contributed by atoms with van der Waals surface area (Å²) in [5.41, 5.74) is 5.79. The number of benzene rings is 1. The second kappa shape index (κ2) is 7.96. The minimum absolute atomic E-state index is 0. The average Bonchev–Trinajstić information content (AvgIpc) is 2.82. The molecule has 7 nitrogen and oxygen atoms in total. The third-order valence-corrected chi connectivity index (χ3v) is 5.59. The van der Waals surface area contributed by atoms with Crippen molar-refractivity contribution in [2.75, 3.05) is 13.1 Å². The topological polar surface area (TPSA) is 114 Å². The third-order valence-electron chi connectivity index (χ3n) is 4.19. The number of amides is 1. The van der Waals surface area contributed by atoms with Gasteiger partial charge in [0.2, 0.25) is 5.91 Å². The SMILES string of the molecule is CCC(CC)(CN)NC(=O)CN=C1NS(=O)(=O)c2ccccc21.Cl. The molecule has 0 saturated heterocycles. The number of nitrogens with one attached hydrogen (secondary N) is 2. The number of carbonyl (C=O) groups excluding carboxylic acids is 1. The molecule has 1 aromatic rings. The van der Waals surface area contributed by atoms with Gasteiger partial charge in [0.25, 0.3) is 10.0 Å². The Kier molecular flexibility index (Phi) is 6.76. The number of hydrogen-bond donors (Lipinski definition) is 3. The number of hydrogen-bond acceptors (Lipinski definition) is 5. The molecule has 0 saturated carbocycles. The molecule has 1 aromatic carbocycles. The van der Waals surface area contributed by atoms with Crippen molar-refractivity contribution in [3.63, 3.8) is 0 Å². The van der Waals surface area contributed by atoms with Crippen LogP contribution in [-0.2, 0) is 14.8 Å².